The number of fused-ring (bicyclic) bond motifs is 2. The minimum absolute atomic E-state index is 0.146. The third-order valence-electron chi connectivity index (χ3n) is 6.13. The second kappa shape index (κ2) is 4.43. The number of hydrogen-bond donors (Lipinski definition) is 1. The van der Waals surface area contributed by atoms with Crippen LogP contribution >= 0.6 is 15.9 Å². The highest BCUT2D eigenvalue weighted by Crippen LogP contribution is 2.65. The molecule has 3 rings (SSSR count). The predicted octanol–water partition coefficient (Wildman–Crippen LogP) is 5.35. The van der Waals surface area contributed by atoms with E-state index in [1.165, 1.54) is 18.6 Å². The summed E-state index contributed by atoms with van der Waals surface area (Å²) in [6, 6.07) is 2.66. The number of anilines is 1. The molecule has 2 bridgehead atoms. The first-order chi connectivity index (χ1) is 9.25. The van der Waals surface area contributed by atoms with Crippen LogP contribution in [0, 0.1) is 28.4 Å². The molecule has 2 fully saturated rings. The van der Waals surface area contributed by atoms with Gasteiger partial charge in [-0.25, -0.2) is 8.78 Å². The zero-order chi connectivity index (χ0) is 14.7. The molecule has 0 radical (unpaired) electrons. The molecule has 2 saturated carbocycles. The molecule has 1 aromatic rings. The summed E-state index contributed by atoms with van der Waals surface area (Å²) in [7, 11) is 0. The third-order valence-corrected chi connectivity index (χ3v) is 6.74. The van der Waals surface area contributed by atoms with E-state index in [0.717, 1.165) is 12.8 Å². The Morgan fingerprint density at radius 1 is 1.20 bits per heavy atom. The minimum Gasteiger partial charge on any atom is -0.379 e. The van der Waals surface area contributed by atoms with E-state index in [4.69, 9.17) is 0 Å². The van der Waals surface area contributed by atoms with Crippen molar-refractivity contribution in [3.05, 3.63) is 28.2 Å². The van der Waals surface area contributed by atoms with Crippen LogP contribution in [0.15, 0.2) is 16.6 Å². The first-order valence-corrected chi connectivity index (χ1v) is 7.96. The Balaban J connectivity index is 1.89. The standard InChI is InChI=1S/C16H20BrF2N/c1-15(2)9-4-5-16(15,3)14(6-9)20-13-8-11(18)10(17)7-12(13)19/h7-9,14,20H,4-6H2,1-3H3. The van der Waals surface area contributed by atoms with Crippen molar-refractivity contribution in [1.82, 2.24) is 0 Å². The Morgan fingerprint density at radius 2 is 1.90 bits per heavy atom. The summed E-state index contributed by atoms with van der Waals surface area (Å²) < 4.78 is 27.8. The van der Waals surface area contributed by atoms with E-state index in [-0.39, 0.29) is 27.0 Å². The van der Waals surface area contributed by atoms with Gasteiger partial charge in [0.15, 0.2) is 0 Å². The molecule has 3 atom stereocenters. The number of benzene rings is 1. The van der Waals surface area contributed by atoms with Gasteiger partial charge in [0.2, 0.25) is 0 Å². The fourth-order valence-corrected chi connectivity index (χ4v) is 4.56. The highest BCUT2D eigenvalue weighted by Gasteiger charge is 2.61. The molecule has 0 amide bonds. The first-order valence-electron chi connectivity index (χ1n) is 7.17. The van der Waals surface area contributed by atoms with Gasteiger partial charge >= 0.3 is 0 Å². The summed E-state index contributed by atoms with van der Waals surface area (Å²) in [6.45, 7) is 6.90. The van der Waals surface area contributed by atoms with Gasteiger partial charge in [0.1, 0.15) is 11.6 Å². The summed E-state index contributed by atoms with van der Waals surface area (Å²) in [4.78, 5) is 0. The van der Waals surface area contributed by atoms with E-state index in [1.54, 1.807) is 0 Å². The zero-order valence-corrected chi connectivity index (χ0v) is 13.7. The lowest BCUT2D eigenvalue weighted by atomic mass is 9.69. The molecule has 0 saturated heterocycles. The second-order valence-electron chi connectivity index (χ2n) is 7.05. The van der Waals surface area contributed by atoms with E-state index < -0.39 is 11.6 Å². The lowest BCUT2D eigenvalue weighted by Gasteiger charge is -2.40. The van der Waals surface area contributed by atoms with Crippen LogP contribution in [0.25, 0.3) is 0 Å². The van der Waals surface area contributed by atoms with Gasteiger partial charge in [-0.15, -0.1) is 0 Å². The highest BCUT2D eigenvalue weighted by molar-refractivity contribution is 9.10. The Kier molecular flexibility index (Phi) is 3.16. The molecule has 3 unspecified atom stereocenters. The lowest BCUT2D eigenvalue weighted by molar-refractivity contribution is 0.142. The van der Waals surface area contributed by atoms with Gasteiger partial charge in [-0.2, -0.15) is 0 Å². The van der Waals surface area contributed by atoms with Crippen molar-refractivity contribution in [3.8, 4) is 0 Å². The summed E-state index contributed by atoms with van der Waals surface area (Å²) in [5.41, 5.74) is 0.683. The molecule has 2 aliphatic rings. The summed E-state index contributed by atoms with van der Waals surface area (Å²) >= 11 is 3.01. The third kappa shape index (κ3) is 1.83. The van der Waals surface area contributed by atoms with Gasteiger partial charge in [-0.1, -0.05) is 20.8 Å². The average Bonchev–Trinajstić information content (AvgIpc) is 2.69. The topological polar surface area (TPSA) is 12.0 Å². The lowest BCUT2D eigenvalue weighted by Crippen LogP contribution is -2.40. The van der Waals surface area contributed by atoms with Crippen LogP contribution in [0.4, 0.5) is 14.5 Å². The Bertz CT molecular complexity index is 558. The molecule has 0 aliphatic heterocycles. The Morgan fingerprint density at radius 3 is 2.45 bits per heavy atom. The van der Waals surface area contributed by atoms with Crippen molar-refractivity contribution in [3.63, 3.8) is 0 Å². The maximum absolute atomic E-state index is 14.0. The summed E-state index contributed by atoms with van der Waals surface area (Å²) in [6.07, 6.45) is 3.45. The van der Waals surface area contributed by atoms with Gasteiger partial charge < -0.3 is 5.32 Å². The van der Waals surface area contributed by atoms with Crippen LogP contribution in [0.2, 0.25) is 0 Å². The molecule has 4 heteroatoms. The molecule has 0 heterocycles. The maximum Gasteiger partial charge on any atom is 0.147 e. The van der Waals surface area contributed by atoms with Gasteiger partial charge in [-0.05, 0) is 58.0 Å². The maximum atomic E-state index is 14.0. The molecular formula is C16H20BrF2N. The van der Waals surface area contributed by atoms with E-state index in [2.05, 4.69) is 42.0 Å². The highest BCUT2D eigenvalue weighted by atomic mass is 79.9. The fraction of sp³-hybridized carbons (Fsp3) is 0.625. The normalized spacial score (nSPS) is 34.5. The number of nitrogens with one attached hydrogen (secondary N) is 1. The Labute approximate surface area is 127 Å². The van der Waals surface area contributed by atoms with E-state index in [0.29, 0.717) is 5.92 Å². The SMILES string of the molecule is CC1(C)C2CCC1(C)C(Nc1cc(F)c(Br)cc1F)C2. The van der Waals surface area contributed by atoms with E-state index in [9.17, 15) is 8.78 Å². The van der Waals surface area contributed by atoms with Gasteiger partial charge in [0.05, 0.1) is 10.2 Å². The molecule has 20 heavy (non-hydrogen) atoms. The molecule has 2 aliphatic carbocycles. The number of hydrogen-bond acceptors (Lipinski definition) is 1. The van der Waals surface area contributed by atoms with E-state index >= 15 is 0 Å². The van der Waals surface area contributed by atoms with Crippen molar-refractivity contribution in [1.29, 1.82) is 0 Å². The first kappa shape index (κ1) is 14.3. The minimum atomic E-state index is -0.429. The van der Waals surface area contributed by atoms with Crippen LogP contribution < -0.4 is 5.32 Å². The Hall–Kier alpha value is -0.640. The van der Waals surface area contributed by atoms with Crippen molar-refractivity contribution >= 4 is 21.6 Å². The van der Waals surface area contributed by atoms with Crippen LogP contribution in [0.5, 0.6) is 0 Å². The predicted molar refractivity (Wildman–Crippen MR) is 80.7 cm³/mol. The average molecular weight is 344 g/mol. The summed E-state index contributed by atoms with van der Waals surface area (Å²) in [5, 5.41) is 3.27. The monoisotopic (exact) mass is 343 g/mol. The van der Waals surface area contributed by atoms with Crippen molar-refractivity contribution in [2.24, 2.45) is 16.7 Å². The molecule has 0 spiro atoms. The smallest absolute Gasteiger partial charge is 0.147 e. The summed E-state index contributed by atoms with van der Waals surface area (Å²) in [5.74, 6) is -0.155. The molecule has 110 valence electrons. The van der Waals surface area contributed by atoms with Crippen LogP contribution in [-0.2, 0) is 0 Å². The number of halogens is 3. The van der Waals surface area contributed by atoms with E-state index in [1.807, 2.05) is 0 Å². The van der Waals surface area contributed by atoms with Crippen LogP contribution in [0.1, 0.15) is 40.0 Å². The molecule has 1 aromatic carbocycles. The molecule has 0 aromatic heterocycles. The number of rotatable bonds is 2. The molecule has 1 nitrogen and oxygen atoms in total. The van der Waals surface area contributed by atoms with Crippen molar-refractivity contribution < 1.29 is 8.78 Å². The molecule has 1 N–H and O–H groups in total. The zero-order valence-electron chi connectivity index (χ0n) is 12.1. The van der Waals surface area contributed by atoms with Crippen molar-refractivity contribution in [2.75, 3.05) is 5.32 Å². The largest absolute Gasteiger partial charge is 0.379 e. The fourth-order valence-electron chi connectivity index (χ4n) is 4.24. The van der Waals surface area contributed by atoms with Crippen LogP contribution in [-0.4, -0.2) is 6.04 Å². The van der Waals surface area contributed by atoms with Gasteiger partial charge in [0, 0.05) is 12.1 Å². The quantitative estimate of drug-likeness (QED) is 0.713. The van der Waals surface area contributed by atoms with Crippen LogP contribution in [0.3, 0.4) is 0 Å². The van der Waals surface area contributed by atoms with Crippen molar-refractivity contribution in [2.45, 2.75) is 46.1 Å². The van der Waals surface area contributed by atoms with Gasteiger partial charge in [0.25, 0.3) is 0 Å². The van der Waals surface area contributed by atoms with Gasteiger partial charge in [-0.3, -0.25) is 0 Å². The second-order valence-corrected chi connectivity index (χ2v) is 7.91. The molecular weight excluding hydrogens is 324 g/mol.